The van der Waals surface area contributed by atoms with E-state index in [1.807, 2.05) is 0 Å². The third kappa shape index (κ3) is 1.77. The number of nitrogens with zero attached hydrogens (tertiary/aromatic N) is 2. The average molecular weight is 251 g/mol. The summed E-state index contributed by atoms with van der Waals surface area (Å²) in [6, 6.07) is 0. The van der Waals surface area contributed by atoms with Gasteiger partial charge in [0.25, 0.3) is 0 Å². The molecule has 0 aromatic carbocycles. The quantitative estimate of drug-likeness (QED) is 0.891. The topological polar surface area (TPSA) is 74.2 Å². The summed E-state index contributed by atoms with van der Waals surface area (Å²) in [6.45, 7) is 0. The van der Waals surface area contributed by atoms with Gasteiger partial charge in [-0.1, -0.05) is 24.4 Å². The molecule has 0 radical (unpaired) electrons. The molecule has 0 saturated heterocycles. The Hall–Kier alpha value is -0.940. The van der Waals surface area contributed by atoms with Crippen LogP contribution in [0, 0.1) is 0 Å². The molecule has 2 fully saturated rings. The highest BCUT2D eigenvalue weighted by Crippen LogP contribution is 2.41. The van der Waals surface area contributed by atoms with Gasteiger partial charge in [0.1, 0.15) is 5.60 Å². The van der Waals surface area contributed by atoms with Gasteiger partial charge in [-0.3, -0.25) is 0 Å². The molecule has 2 aliphatic carbocycles. The maximum Gasteiger partial charge on any atom is 0.246 e. The van der Waals surface area contributed by atoms with E-state index < -0.39 is 0 Å². The van der Waals surface area contributed by atoms with Crippen LogP contribution in [0.4, 0.5) is 0 Å². The fourth-order valence-electron chi connectivity index (χ4n) is 3.02. The van der Waals surface area contributed by atoms with Gasteiger partial charge >= 0.3 is 0 Å². The Labute approximate surface area is 107 Å². The third-order valence-corrected chi connectivity index (χ3v) is 4.56. The lowest BCUT2D eigenvalue weighted by molar-refractivity contribution is -0.0527. The summed E-state index contributed by atoms with van der Waals surface area (Å²) in [4.78, 5) is 4.54. The smallest absolute Gasteiger partial charge is 0.246 e. The lowest BCUT2D eigenvalue weighted by atomic mass is 9.77. The molecule has 0 spiro atoms. The minimum atomic E-state index is -0.380. The highest BCUT2D eigenvalue weighted by Gasteiger charge is 2.43. The summed E-state index contributed by atoms with van der Waals surface area (Å²) in [5.41, 5.74) is 5.49. The van der Waals surface area contributed by atoms with Crippen LogP contribution in [0.2, 0.25) is 0 Å². The maximum absolute atomic E-state index is 6.21. The van der Waals surface area contributed by atoms with Gasteiger partial charge in [-0.2, -0.15) is 4.98 Å². The Bertz CT molecular complexity index is 420. The van der Waals surface area contributed by atoms with Crippen LogP contribution < -0.4 is 5.73 Å². The number of ether oxygens (including phenoxy) is 1. The molecule has 0 amide bonds. The van der Waals surface area contributed by atoms with E-state index in [-0.39, 0.29) is 11.1 Å². The summed E-state index contributed by atoms with van der Waals surface area (Å²) in [6.07, 6.45) is 8.54. The Balaban J connectivity index is 1.87. The second kappa shape index (κ2) is 4.31. The van der Waals surface area contributed by atoms with Gasteiger partial charge in [-0.25, -0.2) is 0 Å². The van der Waals surface area contributed by atoms with Crippen LogP contribution in [0.3, 0.4) is 0 Å². The van der Waals surface area contributed by atoms with Crippen LogP contribution in [-0.4, -0.2) is 17.3 Å². The first-order valence-electron chi connectivity index (χ1n) is 6.87. The lowest BCUT2D eigenvalue weighted by Crippen LogP contribution is -2.43. The van der Waals surface area contributed by atoms with Crippen LogP contribution in [0.25, 0.3) is 0 Å². The summed E-state index contributed by atoms with van der Waals surface area (Å²) < 4.78 is 11.1. The number of nitrogens with two attached hydrogens (primary N) is 1. The van der Waals surface area contributed by atoms with Gasteiger partial charge in [0.15, 0.2) is 0 Å². The van der Waals surface area contributed by atoms with E-state index in [4.69, 9.17) is 15.0 Å². The third-order valence-electron chi connectivity index (χ3n) is 4.56. The number of methoxy groups -OCH3 is 1. The molecule has 2 aliphatic rings. The normalized spacial score (nSPS) is 25.7. The zero-order chi connectivity index (χ0) is 12.6. The van der Waals surface area contributed by atoms with Crippen molar-refractivity contribution in [3.8, 4) is 0 Å². The van der Waals surface area contributed by atoms with Crippen molar-refractivity contribution in [2.24, 2.45) is 5.73 Å². The Morgan fingerprint density at radius 3 is 2.39 bits per heavy atom. The molecule has 1 heterocycles. The van der Waals surface area contributed by atoms with E-state index >= 15 is 0 Å². The van der Waals surface area contributed by atoms with E-state index in [0.29, 0.717) is 11.7 Å². The molecule has 0 atom stereocenters. The predicted molar refractivity (Wildman–Crippen MR) is 65.8 cm³/mol. The number of aromatic nitrogens is 2. The minimum Gasteiger partial charge on any atom is -0.370 e. The first-order valence-corrected chi connectivity index (χ1v) is 6.87. The molecule has 1 aromatic heterocycles. The van der Waals surface area contributed by atoms with Crippen molar-refractivity contribution < 1.29 is 9.26 Å². The molecular formula is C13H21N3O2. The summed E-state index contributed by atoms with van der Waals surface area (Å²) >= 11 is 0. The van der Waals surface area contributed by atoms with Gasteiger partial charge in [-0.05, 0) is 32.1 Å². The summed E-state index contributed by atoms with van der Waals surface area (Å²) in [7, 11) is 1.74. The van der Waals surface area contributed by atoms with Crippen molar-refractivity contribution in [2.75, 3.05) is 7.11 Å². The van der Waals surface area contributed by atoms with Gasteiger partial charge in [0.2, 0.25) is 11.7 Å². The molecule has 0 bridgehead atoms. The van der Waals surface area contributed by atoms with E-state index in [2.05, 4.69) is 10.1 Å². The first-order chi connectivity index (χ1) is 8.69. The molecule has 2 N–H and O–H groups in total. The molecular weight excluding hydrogens is 230 g/mol. The van der Waals surface area contributed by atoms with Crippen molar-refractivity contribution in [2.45, 2.75) is 62.5 Å². The molecule has 5 heteroatoms. The molecule has 3 rings (SSSR count). The van der Waals surface area contributed by atoms with E-state index in [1.54, 1.807) is 7.11 Å². The van der Waals surface area contributed by atoms with Gasteiger partial charge < -0.3 is 15.0 Å². The van der Waals surface area contributed by atoms with Gasteiger partial charge in [0, 0.05) is 7.11 Å². The largest absolute Gasteiger partial charge is 0.370 e. The van der Waals surface area contributed by atoms with E-state index in [1.165, 1.54) is 6.42 Å². The monoisotopic (exact) mass is 251 g/mol. The van der Waals surface area contributed by atoms with E-state index in [9.17, 15) is 0 Å². The Morgan fingerprint density at radius 2 is 1.83 bits per heavy atom. The number of hydrogen-bond donors (Lipinski definition) is 1. The minimum absolute atomic E-state index is 0.347. The van der Waals surface area contributed by atoms with Crippen molar-refractivity contribution in [3.63, 3.8) is 0 Å². The highest BCUT2D eigenvalue weighted by atomic mass is 16.5. The van der Waals surface area contributed by atoms with Crippen LogP contribution in [0.5, 0.6) is 0 Å². The molecule has 0 aliphatic heterocycles. The second-order valence-electron chi connectivity index (χ2n) is 5.69. The van der Waals surface area contributed by atoms with Gasteiger partial charge in [-0.15, -0.1) is 0 Å². The number of rotatable bonds is 3. The average Bonchev–Trinajstić information content (AvgIpc) is 2.87. The predicted octanol–water partition coefficient (Wildman–Crippen LogP) is 2.21. The zero-order valence-electron chi connectivity index (χ0n) is 10.9. The van der Waals surface area contributed by atoms with Gasteiger partial charge in [0.05, 0.1) is 5.54 Å². The van der Waals surface area contributed by atoms with Crippen LogP contribution in [0.1, 0.15) is 63.1 Å². The zero-order valence-corrected chi connectivity index (χ0v) is 10.9. The number of hydrogen-bond acceptors (Lipinski definition) is 5. The molecule has 1 aromatic rings. The second-order valence-corrected chi connectivity index (χ2v) is 5.69. The molecule has 100 valence electrons. The van der Waals surface area contributed by atoms with Crippen molar-refractivity contribution in [1.82, 2.24) is 10.1 Å². The Morgan fingerprint density at radius 1 is 1.11 bits per heavy atom. The standard InChI is InChI=1S/C13H21N3O2/c1-17-13(8-3-2-4-9-13)10-15-11(18-16-10)12(14)6-5-7-12/h2-9,14H2,1H3. The fraction of sp³-hybridized carbons (Fsp3) is 0.846. The van der Waals surface area contributed by atoms with Crippen molar-refractivity contribution >= 4 is 0 Å². The van der Waals surface area contributed by atoms with Crippen molar-refractivity contribution in [3.05, 3.63) is 11.7 Å². The molecule has 5 nitrogen and oxygen atoms in total. The van der Waals surface area contributed by atoms with E-state index in [0.717, 1.165) is 44.9 Å². The summed E-state index contributed by atoms with van der Waals surface area (Å²) in [5.74, 6) is 1.28. The SMILES string of the molecule is COC1(c2noc(C3(N)CCC3)n2)CCCCC1. The fourth-order valence-corrected chi connectivity index (χ4v) is 3.02. The van der Waals surface area contributed by atoms with Crippen LogP contribution >= 0.6 is 0 Å². The highest BCUT2D eigenvalue weighted by molar-refractivity contribution is 5.11. The van der Waals surface area contributed by atoms with Crippen LogP contribution in [0.15, 0.2) is 4.52 Å². The van der Waals surface area contributed by atoms with Crippen molar-refractivity contribution in [1.29, 1.82) is 0 Å². The molecule has 2 saturated carbocycles. The molecule has 18 heavy (non-hydrogen) atoms. The summed E-state index contributed by atoms with van der Waals surface area (Å²) in [5, 5.41) is 4.14. The molecule has 0 unspecified atom stereocenters. The maximum atomic E-state index is 6.21. The lowest BCUT2D eigenvalue weighted by Gasteiger charge is -2.34. The van der Waals surface area contributed by atoms with Crippen LogP contribution in [-0.2, 0) is 15.9 Å². The first kappa shape index (κ1) is 12.1. The Kier molecular flexibility index (Phi) is 2.90.